The zero-order chi connectivity index (χ0) is 15.4. The highest BCUT2D eigenvalue weighted by molar-refractivity contribution is 6.02. The van der Waals surface area contributed by atoms with E-state index in [0.29, 0.717) is 19.6 Å². The van der Waals surface area contributed by atoms with Crippen LogP contribution in [0, 0.1) is 5.82 Å². The number of carbonyl (C=O) groups is 2. The number of para-hydroxylation sites is 1. The van der Waals surface area contributed by atoms with Crippen LogP contribution in [0.25, 0.3) is 0 Å². The van der Waals surface area contributed by atoms with Crippen molar-refractivity contribution in [2.24, 2.45) is 0 Å². The summed E-state index contributed by atoms with van der Waals surface area (Å²) >= 11 is 0. The topological polar surface area (TPSA) is 61.4 Å². The fourth-order valence-corrected chi connectivity index (χ4v) is 2.35. The Bertz CT molecular complexity index is 548. The fourth-order valence-electron chi connectivity index (χ4n) is 2.35. The maximum absolute atomic E-state index is 14.0. The van der Waals surface area contributed by atoms with E-state index in [9.17, 15) is 14.0 Å². The Kier molecular flexibility index (Phi) is 4.77. The molecule has 6 heteroatoms. The molecule has 0 bridgehead atoms. The Labute approximate surface area is 123 Å². The largest absolute Gasteiger partial charge is 0.382 e. The first kappa shape index (κ1) is 15.3. The molecule has 1 unspecified atom stereocenters. The molecule has 0 radical (unpaired) electrons. The standard InChI is InChI=1S/C15H20FN3O2/c1-3-7-17-13-11(5-4-6-12(13)16)15(21)19-9-8-18-14(20)10(19)2/h4-6,10,17H,3,7-9H2,1-2H3,(H,18,20). The lowest BCUT2D eigenvalue weighted by molar-refractivity contribution is -0.127. The van der Waals surface area contributed by atoms with E-state index in [2.05, 4.69) is 10.6 Å². The third kappa shape index (κ3) is 3.15. The van der Waals surface area contributed by atoms with Crippen LogP contribution in [0.2, 0.25) is 0 Å². The number of amides is 2. The van der Waals surface area contributed by atoms with Crippen molar-refractivity contribution in [2.75, 3.05) is 25.0 Å². The Morgan fingerprint density at radius 3 is 3.00 bits per heavy atom. The van der Waals surface area contributed by atoms with Gasteiger partial charge in [-0.15, -0.1) is 0 Å². The SMILES string of the molecule is CCCNc1c(F)cccc1C(=O)N1CCNC(=O)C1C. The summed E-state index contributed by atoms with van der Waals surface area (Å²) in [6, 6.07) is 3.87. The minimum absolute atomic E-state index is 0.186. The molecular formula is C15H20FN3O2. The lowest BCUT2D eigenvalue weighted by atomic mass is 10.1. The van der Waals surface area contributed by atoms with Gasteiger partial charge in [-0.2, -0.15) is 0 Å². The molecule has 5 nitrogen and oxygen atoms in total. The Morgan fingerprint density at radius 2 is 2.29 bits per heavy atom. The molecule has 1 fully saturated rings. The molecule has 0 spiro atoms. The highest BCUT2D eigenvalue weighted by atomic mass is 19.1. The number of nitrogens with one attached hydrogen (secondary N) is 2. The van der Waals surface area contributed by atoms with Crippen molar-refractivity contribution >= 4 is 17.5 Å². The van der Waals surface area contributed by atoms with E-state index in [0.717, 1.165) is 6.42 Å². The van der Waals surface area contributed by atoms with E-state index in [1.54, 1.807) is 13.0 Å². The van der Waals surface area contributed by atoms with Gasteiger partial charge in [0.1, 0.15) is 11.9 Å². The number of nitrogens with zero attached hydrogens (tertiary/aromatic N) is 1. The van der Waals surface area contributed by atoms with Crippen LogP contribution in [0.4, 0.5) is 10.1 Å². The van der Waals surface area contributed by atoms with Crippen LogP contribution in [-0.4, -0.2) is 42.4 Å². The van der Waals surface area contributed by atoms with Crippen LogP contribution in [0.1, 0.15) is 30.6 Å². The maximum Gasteiger partial charge on any atom is 0.256 e. The maximum atomic E-state index is 14.0. The number of benzene rings is 1. The van der Waals surface area contributed by atoms with Gasteiger partial charge in [0, 0.05) is 19.6 Å². The quantitative estimate of drug-likeness (QED) is 0.886. The molecule has 0 aromatic heterocycles. The smallest absolute Gasteiger partial charge is 0.256 e. The molecule has 1 aliphatic rings. The Hall–Kier alpha value is -2.11. The minimum atomic E-state index is -0.548. The summed E-state index contributed by atoms with van der Waals surface area (Å²) in [4.78, 5) is 25.8. The third-order valence-corrected chi connectivity index (χ3v) is 3.56. The van der Waals surface area contributed by atoms with Crippen molar-refractivity contribution in [3.8, 4) is 0 Å². The molecular weight excluding hydrogens is 273 g/mol. The van der Waals surface area contributed by atoms with Crippen LogP contribution in [0.15, 0.2) is 18.2 Å². The first-order chi connectivity index (χ1) is 10.1. The molecule has 0 aliphatic carbocycles. The van der Waals surface area contributed by atoms with Crippen LogP contribution >= 0.6 is 0 Å². The van der Waals surface area contributed by atoms with Gasteiger partial charge >= 0.3 is 0 Å². The van der Waals surface area contributed by atoms with Crippen LogP contribution < -0.4 is 10.6 Å². The van der Waals surface area contributed by atoms with Crippen molar-refractivity contribution in [3.05, 3.63) is 29.6 Å². The van der Waals surface area contributed by atoms with Gasteiger partial charge in [0.05, 0.1) is 11.3 Å². The minimum Gasteiger partial charge on any atom is -0.382 e. The van der Waals surface area contributed by atoms with Crippen LogP contribution in [0.5, 0.6) is 0 Å². The van der Waals surface area contributed by atoms with Gasteiger partial charge < -0.3 is 15.5 Å². The van der Waals surface area contributed by atoms with E-state index >= 15 is 0 Å². The first-order valence-corrected chi connectivity index (χ1v) is 7.17. The van der Waals surface area contributed by atoms with Crippen molar-refractivity contribution < 1.29 is 14.0 Å². The second-order valence-corrected chi connectivity index (χ2v) is 5.05. The summed E-state index contributed by atoms with van der Waals surface area (Å²) in [5, 5.41) is 5.66. The van der Waals surface area contributed by atoms with Crippen molar-refractivity contribution in [1.82, 2.24) is 10.2 Å². The van der Waals surface area contributed by atoms with Gasteiger partial charge in [-0.05, 0) is 25.5 Å². The van der Waals surface area contributed by atoms with Crippen molar-refractivity contribution in [2.45, 2.75) is 26.3 Å². The number of hydrogen-bond acceptors (Lipinski definition) is 3. The van der Waals surface area contributed by atoms with Crippen molar-refractivity contribution in [1.29, 1.82) is 0 Å². The zero-order valence-electron chi connectivity index (χ0n) is 12.3. The second kappa shape index (κ2) is 6.56. The number of anilines is 1. The highest BCUT2D eigenvalue weighted by Crippen LogP contribution is 2.23. The molecule has 0 saturated carbocycles. The average molecular weight is 293 g/mol. The van der Waals surface area contributed by atoms with E-state index < -0.39 is 11.9 Å². The summed E-state index contributed by atoms with van der Waals surface area (Å²) < 4.78 is 14.0. The predicted molar refractivity (Wildman–Crippen MR) is 78.7 cm³/mol. The summed E-state index contributed by atoms with van der Waals surface area (Å²) in [6.45, 7) is 5.06. The van der Waals surface area contributed by atoms with Crippen LogP contribution in [0.3, 0.4) is 0 Å². The lowest BCUT2D eigenvalue weighted by Gasteiger charge is -2.33. The predicted octanol–water partition coefficient (Wildman–Crippen LogP) is 1.61. The summed E-state index contributed by atoms with van der Waals surface area (Å²) in [6.07, 6.45) is 0.824. The molecule has 21 heavy (non-hydrogen) atoms. The summed E-state index contributed by atoms with van der Waals surface area (Å²) in [5.41, 5.74) is 0.479. The number of carbonyl (C=O) groups excluding carboxylic acids is 2. The second-order valence-electron chi connectivity index (χ2n) is 5.05. The summed E-state index contributed by atoms with van der Waals surface area (Å²) in [7, 11) is 0. The molecule has 1 heterocycles. The number of rotatable bonds is 4. The highest BCUT2D eigenvalue weighted by Gasteiger charge is 2.31. The monoisotopic (exact) mass is 293 g/mol. The number of halogens is 1. The molecule has 2 N–H and O–H groups in total. The lowest BCUT2D eigenvalue weighted by Crippen LogP contribution is -2.55. The van der Waals surface area contributed by atoms with Gasteiger partial charge in [0.2, 0.25) is 5.91 Å². The van der Waals surface area contributed by atoms with Crippen LogP contribution in [-0.2, 0) is 4.79 Å². The van der Waals surface area contributed by atoms with E-state index in [4.69, 9.17) is 0 Å². The van der Waals surface area contributed by atoms with Gasteiger partial charge in [0.15, 0.2) is 0 Å². The molecule has 1 aliphatic heterocycles. The van der Waals surface area contributed by atoms with Gasteiger partial charge in [0.25, 0.3) is 5.91 Å². The van der Waals surface area contributed by atoms with Gasteiger partial charge in [-0.3, -0.25) is 9.59 Å². The van der Waals surface area contributed by atoms with Crippen molar-refractivity contribution in [3.63, 3.8) is 0 Å². The molecule has 2 amide bonds. The third-order valence-electron chi connectivity index (χ3n) is 3.56. The molecule has 2 rings (SSSR count). The molecule has 1 aromatic rings. The van der Waals surface area contributed by atoms with Gasteiger partial charge in [-0.25, -0.2) is 4.39 Å². The normalized spacial score (nSPS) is 18.3. The fraction of sp³-hybridized carbons (Fsp3) is 0.467. The molecule has 1 aromatic carbocycles. The van der Waals surface area contributed by atoms with E-state index in [-0.39, 0.29) is 23.1 Å². The first-order valence-electron chi connectivity index (χ1n) is 7.17. The molecule has 1 atom stereocenters. The number of piperazine rings is 1. The van der Waals surface area contributed by atoms with E-state index in [1.807, 2.05) is 6.92 Å². The zero-order valence-corrected chi connectivity index (χ0v) is 12.3. The Morgan fingerprint density at radius 1 is 1.52 bits per heavy atom. The van der Waals surface area contributed by atoms with Gasteiger partial charge in [-0.1, -0.05) is 13.0 Å². The van der Waals surface area contributed by atoms with E-state index in [1.165, 1.54) is 17.0 Å². The molecule has 114 valence electrons. The molecule has 1 saturated heterocycles. The average Bonchev–Trinajstić information content (AvgIpc) is 2.48. The number of hydrogen-bond donors (Lipinski definition) is 2. The summed E-state index contributed by atoms with van der Waals surface area (Å²) in [5.74, 6) is -0.965. The Balaban J connectivity index is 2.30.